The molecule has 1 unspecified atom stereocenters. The SMILES string of the molecule is CCC(C)N1CC(NC(C)=O)C1. The van der Waals surface area contributed by atoms with Crippen LogP contribution in [0, 0.1) is 0 Å². The lowest BCUT2D eigenvalue weighted by molar-refractivity contribution is -0.121. The van der Waals surface area contributed by atoms with Gasteiger partial charge in [0.2, 0.25) is 5.91 Å². The van der Waals surface area contributed by atoms with Crippen LogP contribution in [-0.2, 0) is 4.79 Å². The van der Waals surface area contributed by atoms with Crippen molar-refractivity contribution in [3.63, 3.8) is 0 Å². The van der Waals surface area contributed by atoms with Gasteiger partial charge in [0.1, 0.15) is 0 Å². The van der Waals surface area contributed by atoms with Crippen molar-refractivity contribution in [1.29, 1.82) is 0 Å². The summed E-state index contributed by atoms with van der Waals surface area (Å²) in [6, 6.07) is 1.06. The van der Waals surface area contributed by atoms with Crippen LogP contribution < -0.4 is 5.32 Å². The molecule has 0 aromatic carbocycles. The fourth-order valence-electron chi connectivity index (χ4n) is 1.51. The highest BCUT2D eigenvalue weighted by Gasteiger charge is 2.29. The van der Waals surface area contributed by atoms with Crippen molar-refractivity contribution in [2.75, 3.05) is 13.1 Å². The van der Waals surface area contributed by atoms with E-state index in [-0.39, 0.29) is 5.91 Å². The van der Waals surface area contributed by atoms with E-state index in [9.17, 15) is 4.79 Å². The first-order valence-corrected chi connectivity index (χ1v) is 4.64. The Kier molecular flexibility index (Phi) is 3.09. The van der Waals surface area contributed by atoms with E-state index in [1.54, 1.807) is 6.92 Å². The molecule has 0 spiro atoms. The highest BCUT2D eigenvalue weighted by Crippen LogP contribution is 2.13. The lowest BCUT2D eigenvalue weighted by atomic mass is 10.0. The highest BCUT2D eigenvalue weighted by molar-refractivity contribution is 5.73. The summed E-state index contributed by atoms with van der Waals surface area (Å²) in [5.41, 5.74) is 0. The molecule has 0 aromatic heterocycles. The standard InChI is InChI=1S/C9H18N2O/c1-4-7(2)11-5-9(6-11)10-8(3)12/h7,9H,4-6H2,1-3H3,(H,10,12). The maximum Gasteiger partial charge on any atom is 0.217 e. The molecule has 1 N–H and O–H groups in total. The van der Waals surface area contributed by atoms with Crippen LogP contribution in [0.1, 0.15) is 27.2 Å². The van der Waals surface area contributed by atoms with Crippen molar-refractivity contribution in [2.45, 2.75) is 39.3 Å². The summed E-state index contributed by atoms with van der Waals surface area (Å²) in [5, 5.41) is 2.91. The molecule has 0 saturated carbocycles. The largest absolute Gasteiger partial charge is 0.351 e. The number of hydrogen-bond donors (Lipinski definition) is 1. The number of likely N-dealkylation sites (tertiary alicyclic amines) is 1. The number of rotatable bonds is 3. The quantitative estimate of drug-likeness (QED) is 0.673. The fraction of sp³-hybridized carbons (Fsp3) is 0.889. The van der Waals surface area contributed by atoms with E-state index in [0.717, 1.165) is 13.1 Å². The zero-order valence-corrected chi connectivity index (χ0v) is 8.13. The molecule has 0 bridgehead atoms. The lowest BCUT2D eigenvalue weighted by Gasteiger charge is -2.43. The molecule has 1 fully saturated rings. The van der Waals surface area contributed by atoms with Crippen molar-refractivity contribution < 1.29 is 4.79 Å². The minimum absolute atomic E-state index is 0.0869. The van der Waals surface area contributed by atoms with Crippen LogP contribution in [0.2, 0.25) is 0 Å². The highest BCUT2D eigenvalue weighted by atomic mass is 16.1. The van der Waals surface area contributed by atoms with Gasteiger partial charge in [0, 0.05) is 26.1 Å². The van der Waals surface area contributed by atoms with E-state index in [1.807, 2.05) is 0 Å². The monoisotopic (exact) mass is 170 g/mol. The smallest absolute Gasteiger partial charge is 0.217 e. The zero-order valence-electron chi connectivity index (χ0n) is 8.13. The molecule has 1 saturated heterocycles. The van der Waals surface area contributed by atoms with Gasteiger partial charge < -0.3 is 5.32 Å². The number of carbonyl (C=O) groups excluding carboxylic acids is 1. The van der Waals surface area contributed by atoms with E-state index in [0.29, 0.717) is 12.1 Å². The Hall–Kier alpha value is -0.570. The summed E-state index contributed by atoms with van der Waals surface area (Å²) in [7, 11) is 0. The molecule has 1 aliphatic rings. The third-order valence-electron chi connectivity index (χ3n) is 2.53. The number of hydrogen-bond acceptors (Lipinski definition) is 2. The van der Waals surface area contributed by atoms with Crippen molar-refractivity contribution in [2.24, 2.45) is 0 Å². The lowest BCUT2D eigenvalue weighted by Crippen LogP contribution is -2.61. The Morgan fingerprint density at radius 2 is 2.25 bits per heavy atom. The zero-order chi connectivity index (χ0) is 9.14. The third kappa shape index (κ3) is 2.21. The summed E-state index contributed by atoms with van der Waals surface area (Å²) in [5.74, 6) is 0.0869. The molecule has 3 heteroatoms. The third-order valence-corrected chi connectivity index (χ3v) is 2.53. The molecule has 1 rings (SSSR count). The molecule has 0 aromatic rings. The van der Waals surface area contributed by atoms with Gasteiger partial charge in [0.05, 0.1) is 6.04 Å². The molecule has 0 aliphatic carbocycles. The number of amides is 1. The summed E-state index contributed by atoms with van der Waals surface area (Å²) < 4.78 is 0. The fourth-order valence-corrected chi connectivity index (χ4v) is 1.51. The van der Waals surface area contributed by atoms with E-state index in [1.165, 1.54) is 6.42 Å². The normalized spacial score (nSPS) is 21.6. The van der Waals surface area contributed by atoms with Crippen molar-refractivity contribution in [3.05, 3.63) is 0 Å². The molecule has 1 heterocycles. The van der Waals surface area contributed by atoms with Gasteiger partial charge >= 0.3 is 0 Å². The molecule has 70 valence electrons. The summed E-state index contributed by atoms with van der Waals surface area (Å²) in [6.07, 6.45) is 1.19. The van der Waals surface area contributed by atoms with E-state index >= 15 is 0 Å². The second-order valence-corrected chi connectivity index (χ2v) is 3.61. The summed E-state index contributed by atoms with van der Waals surface area (Å²) >= 11 is 0. The minimum atomic E-state index is 0.0869. The van der Waals surface area contributed by atoms with Gasteiger partial charge in [-0.2, -0.15) is 0 Å². The topological polar surface area (TPSA) is 32.3 Å². The number of nitrogens with zero attached hydrogens (tertiary/aromatic N) is 1. The first-order chi connectivity index (χ1) is 5.63. The average Bonchev–Trinajstić information content (AvgIpc) is 1.94. The first-order valence-electron chi connectivity index (χ1n) is 4.64. The Labute approximate surface area is 74.1 Å². The molecular weight excluding hydrogens is 152 g/mol. The predicted molar refractivity (Wildman–Crippen MR) is 48.9 cm³/mol. The maximum atomic E-state index is 10.7. The van der Waals surface area contributed by atoms with Crippen molar-refractivity contribution in [1.82, 2.24) is 10.2 Å². The van der Waals surface area contributed by atoms with Crippen LogP contribution in [-0.4, -0.2) is 36.0 Å². The Morgan fingerprint density at radius 1 is 1.67 bits per heavy atom. The summed E-state index contributed by atoms with van der Waals surface area (Å²) in [6.45, 7) is 8.04. The second-order valence-electron chi connectivity index (χ2n) is 3.61. The number of carbonyl (C=O) groups is 1. The van der Waals surface area contributed by atoms with Crippen molar-refractivity contribution in [3.8, 4) is 0 Å². The Balaban J connectivity index is 2.15. The van der Waals surface area contributed by atoms with Crippen LogP contribution in [0.5, 0.6) is 0 Å². The van der Waals surface area contributed by atoms with Gasteiger partial charge in [-0.1, -0.05) is 6.92 Å². The maximum absolute atomic E-state index is 10.7. The van der Waals surface area contributed by atoms with Gasteiger partial charge in [0.15, 0.2) is 0 Å². The second kappa shape index (κ2) is 3.90. The first kappa shape index (κ1) is 9.52. The minimum Gasteiger partial charge on any atom is -0.351 e. The van der Waals surface area contributed by atoms with Crippen molar-refractivity contribution >= 4 is 5.91 Å². The van der Waals surface area contributed by atoms with Gasteiger partial charge in [-0.25, -0.2) is 0 Å². The molecule has 0 radical (unpaired) electrons. The van der Waals surface area contributed by atoms with Gasteiger partial charge in [0.25, 0.3) is 0 Å². The Bertz CT molecular complexity index is 164. The van der Waals surface area contributed by atoms with Gasteiger partial charge in [-0.15, -0.1) is 0 Å². The molecule has 3 nitrogen and oxygen atoms in total. The van der Waals surface area contributed by atoms with Crippen LogP contribution >= 0.6 is 0 Å². The van der Waals surface area contributed by atoms with Crippen LogP contribution in [0.15, 0.2) is 0 Å². The van der Waals surface area contributed by atoms with Crippen LogP contribution in [0.25, 0.3) is 0 Å². The average molecular weight is 170 g/mol. The van der Waals surface area contributed by atoms with Gasteiger partial charge in [-0.3, -0.25) is 9.69 Å². The molecular formula is C9H18N2O. The van der Waals surface area contributed by atoms with E-state index in [4.69, 9.17) is 0 Å². The van der Waals surface area contributed by atoms with E-state index < -0.39 is 0 Å². The molecule has 1 amide bonds. The molecule has 1 atom stereocenters. The number of nitrogens with one attached hydrogen (secondary N) is 1. The Morgan fingerprint density at radius 3 is 2.67 bits per heavy atom. The van der Waals surface area contributed by atoms with Crippen LogP contribution in [0.4, 0.5) is 0 Å². The van der Waals surface area contributed by atoms with E-state index in [2.05, 4.69) is 24.1 Å². The summed E-state index contributed by atoms with van der Waals surface area (Å²) in [4.78, 5) is 13.1. The van der Waals surface area contributed by atoms with Gasteiger partial charge in [-0.05, 0) is 13.3 Å². The van der Waals surface area contributed by atoms with Crippen LogP contribution in [0.3, 0.4) is 0 Å². The predicted octanol–water partition coefficient (Wildman–Crippen LogP) is 0.605. The molecule has 1 aliphatic heterocycles. The molecule has 12 heavy (non-hydrogen) atoms.